The van der Waals surface area contributed by atoms with Gasteiger partial charge in [0.05, 0.1) is 6.61 Å². The van der Waals surface area contributed by atoms with Gasteiger partial charge in [0.1, 0.15) is 19.3 Å². The lowest BCUT2D eigenvalue weighted by molar-refractivity contribution is -0.144. The van der Waals surface area contributed by atoms with Gasteiger partial charge >= 0.3 is 6.09 Å². The molecule has 170 valence electrons. The number of rotatable bonds is 18. The molecule has 29 heavy (non-hydrogen) atoms. The molecule has 0 aromatic carbocycles. The van der Waals surface area contributed by atoms with E-state index < -0.39 is 12.4 Å². The summed E-state index contributed by atoms with van der Waals surface area (Å²) in [5.74, 6) is 0. The van der Waals surface area contributed by atoms with Crippen LogP contribution >= 0.6 is 0 Å². The molecule has 1 aliphatic rings. The Bertz CT molecular complexity index is 420. The Morgan fingerprint density at radius 2 is 1.66 bits per heavy atom. The zero-order valence-electron chi connectivity index (χ0n) is 18.4. The summed E-state index contributed by atoms with van der Waals surface area (Å²) < 4.78 is 20.5. The van der Waals surface area contributed by atoms with Crippen molar-refractivity contribution in [1.82, 2.24) is 5.32 Å². The van der Waals surface area contributed by atoms with Crippen molar-refractivity contribution >= 4 is 12.6 Å². The van der Waals surface area contributed by atoms with E-state index >= 15 is 0 Å². The molecule has 0 aromatic heterocycles. The number of unbranched alkanes of at least 4 members (excludes halogenated alkanes) is 10. The smallest absolute Gasteiger partial charge is 0.407 e. The Labute approximate surface area is 176 Å². The van der Waals surface area contributed by atoms with Crippen molar-refractivity contribution in [3.63, 3.8) is 0 Å². The van der Waals surface area contributed by atoms with Crippen LogP contribution in [-0.4, -0.2) is 50.8 Å². The molecule has 0 aromatic rings. The summed E-state index contributed by atoms with van der Waals surface area (Å²) in [6.45, 7) is 5.08. The summed E-state index contributed by atoms with van der Waals surface area (Å²) in [6.07, 6.45) is 14.1. The van der Waals surface area contributed by atoms with Gasteiger partial charge in [0.2, 0.25) is 0 Å². The maximum atomic E-state index is 11.9. The first-order valence-electron chi connectivity index (χ1n) is 11.4. The number of carbonyl (C=O) groups excluding carboxylic acids is 2. The molecular formula is C22H41NO6. The van der Waals surface area contributed by atoms with Crippen LogP contribution in [0.1, 0.15) is 90.9 Å². The van der Waals surface area contributed by atoms with Crippen molar-refractivity contribution in [2.75, 3.05) is 19.8 Å². The van der Waals surface area contributed by atoms with Gasteiger partial charge in [0.15, 0.2) is 6.29 Å². The normalized spacial score (nSPS) is 19.7. The first kappa shape index (κ1) is 25.7. The molecule has 1 amide bonds. The molecule has 1 rings (SSSR count). The van der Waals surface area contributed by atoms with E-state index in [4.69, 9.17) is 14.2 Å². The molecule has 1 heterocycles. The molecule has 1 saturated heterocycles. The fraction of sp³-hybridized carbons (Fsp3) is 0.909. The Kier molecular flexibility index (Phi) is 15.5. The summed E-state index contributed by atoms with van der Waals surface area (Å²) >= 11 is 0. The zero-order valence-corrected chi connectivity index (χ0v) is 18.4. The molecule has 0 saturated carbocycles. The largest absolute Gasteiger partial charge is 0.462 e. The molecule has 3 atom stereocenters. The lowest BCUT2D eigenvalue weighted by atomic mass is 10.0. The SMILES string of the molecule is CCCCCCCCCCCCCC(C)NC(=O)OCC1COC(COC=O)O1. The lowest BCUT2D eigenvalue weighted by Crippen LogP contribution is -2.35. The summed E-state index contributed by atoms with van der Waals surface area (Å²) in [6, 6.07) is 0.0931. The predicted octanol–water partition coefficient (Wildman–Crippen LogP) is 4.72. The van der Waals surface area contributed by atoms with Gasteiger partial charge in [0, 0.05) is 6.04 Å². The van der Waals surface area contributed by atoms with Crippen molar-refractivity contribution in [3.8, 4) is 0 Å². The highest BCUT2D eigenvalue weighted by molar-refractivity contribution is 5.67. The molecule has 3 unspecified atom stereocenters. The number of nitrogens with one attached hydrogen (secondary N) is 1. The monoisotopic (exact) mass is 415 g/mol. The van der Waals surface area contributed by atoms with Crippen molar-refractivity contribution in [1.29, 1.82) is 0 Å². The minimum absolute atomic E-state index is 0.0438. The number of alkyl carbamates (subject to hydrolysis) is 1. The number of hydrogen-bond donors (Lipinski definition) is 1. The average Bonchev–Trinajstić information content (AvgIpc) is 3.16. The predicted molar refractivity (Wildman–Crippen MR) is 112 cm³/mol. The second-order valence-corrected chi connectivity index (χ2v) is 7.92. The Morgan fingerprint density at radius 1 is 1.03 bits per heavy atom. The molecule has 7 heteroatoms. The Morgan fingerprint density at radius 3 is 2.28 bits per heavy atom. The molecule has 7 nitrogen and oxygen atoms in total. The lowest BCUT2D eigenvalue weighted by Gasteiger charge is -2.15. The molecule has 1 N–H and O–H groups in total. The fourth-order valence-electron chi connectivity index (χ4n) is 3.40. The highest BCUT2D eigenvalue weighted by Crippen LogP contribution is 2.13. The minimum atomic E-state index is -0.586. The molecule has 0 spiro atoms. The van der Waals surface area contributed by atoms with Gasteiger partial charge in [-0.05, 0) is 13.3 Å². The third kappa shape index (κ3) is 14.3. The summed E-state index contributed by atoms with van der Waals surface area (Å²) in [5.41, 5.74) is 0. The van der Waals surface area contributed by atoms with Gasteiger partial charge in [0.25, 0.3) is 6.47 Å². The second kappa shape index (κ2) is 17.5. The number of carbonyl (C=O) groups is 2. The number of amides is 1. The van der Waals surface area contributed by atoms with E-state index in [0.29, 0.717) is 13.1 Å². The molecule has 0 aliphatic carbocycles. The minimum Gasteiger partial charge on any atom is -0.462 e. The van der Waals surface area contributed by atoms with Gasteiger partial charge in [-0.25, -0.2) is 4.79 Å². The van der Waals surface area contributed by atoms with Gasteiger partial charge in [-0.2, -0.15) is 0 Å². The molecular weight excluding hydrogens is 374 g/mol. The van der Waals surface area contributed by atoms with E-state index in [1.54, 1.807) is 0 Å². The third-order valence-corrected chi connectivity index (χ3v) is 5.12. The summed E-state index contributed by atoms with van der Waals surface area (Å²) in [5, 5.41) is 2.86. The topological polar surface area (TPSA) is 83.1 Å². The quantitative estimate of drug-likeness (QED) is 0.258. The third-order valence-electron chi connectivity index (χ3n) is 5.12. The Hall–Kier alpha value is -1.34. The van der Waals surface area contributed by atoms with Gasteiger partial charge in [-0.3, -0.25) is 4.79 Å². The second-order valence-electron chi connectivity index (χ2n) is 7.92. The summed E-state index contributed by atoms with van der Waals surface area (Å²) in [4.78, 5) is 22.0. The number of hydrogen-bond acceptors (Lipinski definition) is 6. The van der Waals surface area contributed by atoms with Crippen LogP contribution in [0.15, 0.2) is 0 Å². The van der Waals surface area contributed by atoms with Gasteiger partial charge in [-0.1, -0.05) is 77.6 Å². The van der Waals surface area contributed by atoms with Crippen LogP contribution in [-0.2, 0) is 23.7 Å². The van der Waals surface area contributed by atoms with E-state index in [2.05, 4.69) is 17.0 Å². The average molecular weight is 416 g/mol. The van der Waals surface area contributed by atoms with Crippen molar-refractivity contribution in [2.45, 2.75) is 109 Å². The fourth-order valence-corrected chi connectivity index (χ4v) is 3.40. The van der Waals surface area contributed by atoms with Crippen LogP contribution in [0.3, 0.4) is 0 Å². The first-order valence-corrected chi connectivity index (χ1v) is 11.4. The van der Waals surface area contributed by atoms with Gasteiger partial charge < -0.3 is 24.3 Å². The maximum absolute atomic E-state index is 11.9. The van der Waals surface area contributed by atoms with Crippen molar-refractivity contribution in [3.05, 3.63) is 0 Å². The molecule has 1 fully saturated rings. The van der Waals surface area contributed by atoms with Crippen LogP contribution < -0.4 is 5.32 Å². The van der Waals surface area contributed by atoms with Crippen LogP contribution in [0.25, 0.3) is 0 Å². The van der Waals surface area contributed by atoms with Crippen molar-refractivity contribution in [2.24, 2.45) is 0 Å². The van der Waals surface area contributed by atoms with E-state index in [0.717, 1.165) is 12.8 Å². The van der Waals surface area contributed by atoms with E-state index in [1.165, 1.54) is 64.2 Å². The summed E-state index contributed by atoms with van der Waals surface area (Å²) in [7, 11) is 0. The van der Waals surface area contributed by atoms with Crippen LogP contribution in [0.5, 0.6) is 0 Å². The highest BCUT2D eigenvalue weighted by atomic mass is 16.7. The van der Waals surface area contributed by atoms with E-state index in [-0.39, 0.29) is 25.4 Å². The van der Waals surface area contributed by atoms with Crippen molar-refractivity contribution < 1.29 is 28.5 Å². The maximum Gasteiger partial charge on any atom is 0.407 e. The van der Waals surface area contributed by atoms with Crippen LogP contribution in [0, 0.1) is 0 Å². The zero-order chi connectivity index (χ0) is 21.2. The van der Waals surface area contributed by atoms with Crippen LogP contribution in [0.2, 0.25) is 0 Å². The number of ether oxygens (including phenoxy) is 4. The highest BCUT2D eigenvalue weighted by Gasteiger charge is 2.27. The molecule has 0 bridgehead atoms. The van der Waals surface area contributed by atoms with E-state index in [1.807, 2.05) is 6.92 Å². The van der Waals surface area contributed by atoms with Crippen LogP contribution in [0.4, 0.5) is 4.79 Å². The standard InChI is InChI=1S/C22H41NO6/c1-3-4-5-6-7-8-9-10-11-12-13-14-19(2)23-22(25)28-16-20-15-27-21(29-20)17-26-18-24/h18-21H,3-17H2,1-2H3,(H,23,25). The van der Waals surface area contributed by atoms with E-state index in [9.17, 15) is 9.59 Å². The van der Waals surface area contributed by atoms with Gasteiger partial charge in [-0.15, -0.1) is 0 Å². The molecule has 1 aliphatic heterocycles. The molecule has 0 radical (unpaired) electrons. The Balaban J connectivity index is 1.91. The first-order chi connectivity index (χ1) is 14.2.